The summed E-state index contributed by atoms with van der Waals surface area (Å²) in [6.45, 7) is 5.73. The number of amides is 2. The van der Waals surface area contributed by atoms with Gasteiger partial charge >= 0.3 is 6.03 Å². The maximum absolute atomic E-state index is 12.4. The Hall–Kier alpha value is -1.79. The van der Waals surface area contributed by atoms with Gasteiger partial charge in [0.2, 0.25) is 0 Å². The van der Waals surface area contributed by atoms with E-state index >= 15 is 0 Å². The number of anilines is 2. The Labute approximate surface area is 146 Å². The number of hydrogen-bond acceptors (Lipinski definition) is 4. The van der Waals surface area contributed by atoms with Gasteiger partial charge in [0.1, 0.15) is 0 Å². The average Bonchev–Trinajstić information content (AvgIpc) is 2.55. The highest BCUT2D eigenvalue weighted by molar-refractivity contribution is 5.89. The topological polar surface area (TPSA) is 42.1 Å². The highest BCUT2D eigenvalue weighted by Gasteiger charge is 2.20. The lowest BCUT2D eigenvalue weighted by Crippen LogP contribution is -2.50. The fourth-order valence-electron chi connectivity index (χ4n) is 2.83. The maximum Gasteiger partial charge on any atom is 0.321 e. The molecule has 1 heterocycles. The highest BCUT2D eigenvalue weighted by Crippen LogP contribution is 2.16. The van der Waals surface area contributed by atoms with Crippen molar-refractivity contribution in [1.29, 1.82) is 0 Å². The fraction of sp³-hybridized carbons (Fsp3) is 0.611. The predicted molar refractivity (Wildman–Crippen MR) is 101 cm³/mol. The first kappa shape index (κ1) is 18.5. The highest BCUT2D eigenvalue weighted by atomic mass is 16.2. The Morgan fingerprint density at radius 3 is 2.21 bits per heavy atom. The van der Waals surface area contributed by atoms with Crippen LogP contribution in [0.4, 0.5) is 16.2 Å². The molecule has 0 atom stereocenters. The van der Waals surface area contributed by atoms with E-state index in [1.165, 1.54) is 6.42 Å². The molecular weight excluding hydrogens is 302 g/mol. The number of rotatable bonds is 6. The number of carbonyl (C=O) groups excluding carboxylic acids is 1. The molecule has 1 aliphatic rings. The van der Waals surface area contributed by atoms with Crippen LogP contribution in [0, 0.1) is 0 Å². The van der Waals surface area contributed by atoms with E-state index in [9.17, 15) is 4.79 Å². The number of benzene rings is 1. The standard InChI is InChI=1S/C18H31N5O/c1-20(2)10-5-11-22-12-14-23(15-13-22)18(24)19-16-6-8-17(9-7-16)21(3)4/h6-9H,5,10-15H2,1-4H3,(H,19,24). The third-order valence-electron chi connectivity index (χ3n) is 4.37. The van der Waals surface area contributed by atoms with E-state index in [0.717, 1.165) is 50.6 Å². The van der Waals surface area contributed by atoms with E-state index in [2.05, 4.69) is 29.2 Å². The van der Waals surface area contributed by atoms with Gasteiger partial charge in [0.15, 0.2) is 0 Å². The van der Waals surface area contributed by atoms with Gasteiger partial charge in [-0.1, -0.05) is 0 Å². The van der Waals surface area contributed by atoms with E-state index in [1.54, 1.807) is 0 Å². The van der Waals surface area contributed by atoms with Gasteiger partial charge in [0.05, 0.1) is 0 Å². The van der Waals surface area contributed by atoms with Gasteiger partial charge in [-0.25, -0.2) is 4.79 Å². The second-order valence-corrected chi connectivity index (χ2v) is 6.86. The molecule has 1 aliphatic heterocycles. The molecule has 6 nitrogen and oxygen atoms in total. The molecule has 1 aromatic carbocycles. The molecule has 0 spiro atoms. The SMILES string of the molecule is CN(C)CCCN1CCN(C(=O)Nc2ccc(N(C)C)cc2)CC1. The minimum absolute atomic E-state index is 0.000504. The smallest absolute Gasteiger partial charge is 0.321 e. The average molecular weight is 333 g/mol. The van der Waals surface area contributed by atoms with Crippen molar-refractivity contribution in [3.8, 4) is 0 Å². The van der Waals surface area contributed by atoms with Gasteiger partial charge in [0, 0.05) is 51.6 Å². The van der Waals surface area contributed by atoms with E-state index in [0.29, 0.717) is 0 Å². The monoisotopic (exact) mass is 333 g/mol. The predicted octanol–water partition coefficient (Wildman–Crippen LogP) is 1.85. The number of nitrogens with one attached hydrogen (secondary N) is 1. The van der Waals surface area contributed by atoms with Crippen LogP contribution in [-0.2, 0) is 0 Å². The molecule has 1 saturated heterocycles. The number of piperazine rings is 1. The minimum Gasteiger partial charge on any atom is -0.378 e. The summed E-state index contributed by atoms with van der Waals surface area (Å²) in [6.07, 6.45) is 1.18. The molecule has 6 heteroatoms. The minimum atomic E-state index is 0.000504. The van der Waals surface area contributed by atoms with E-state index < -0.39 is 0 Å². The zero-order chi connectivity index (χ0) is 17.5. The van der Waals surface area contributed by atoms with Crippen molar-refractivity contribution in [3.63, 3.8) is 0 Å². The molecule has 0 aromatic heterocycles. The third kappa shape index (κ3) is 5.69. The normalized spacial score (nSPS) is 15.6. The number of hydrogen-bond donors (Lipinski definition) is 1. The molecule has 0 aliphatic carbocycles. The van der Waals surface area contributed by atoms with Crippen LogP contribution in [0.3, 0.4) is 0 Å². The molecule has 134 valence electrons. The van der Waals surface area contributed by atoms with Crippen molar-refractivity contribution in [2.75, 3.05) is 77.7 Å². The molecule has 1 fully saturated rings. The molecule has 1 N–H and O–H groups in total. The fourth-order valence-corrected chi connectivity index (χ4v) is 2.83. The van der Waals surface area contributed by atoms with Gasteiger partial charge in [0.25, 0.3) is 0 Å². The van der Waals surface area contributed by atoms with Crippen LogP contribution in [0.1, 0.15) is 6.42 Å². The van der Waals surface area contributed by atoms with Crippen LogP contribution in [0.15, 0.2) is 24.3 Å². The maximum atomic E-state index is 12.4. The summed E-state index contributed by atoms with van der Waals surface area (Å²) in [5, 5.41) is 2.99. The Bertz CT molecular complexity index is 507. The van der Waals surface area contributed by atoms with Gasteiger partial charge < -0.3 is 20.0 Å². The molecule has 0 unspecified atom stereocenters. The van der Waals surface area contributed by atoms with Gasteiger partial charge in [-0.05, 0) is 57.9 Å². The van der Waals surface area contributed by atoms with Crippen molar-refractivity contribution >= 4 is 17.4 Å². The Kier molecular flexibility index (Phi) is 6.87. The number of carbonyl (C=O) groups is 1. The zero-order valence-corrected chi connectivity index (χ0v) is 15.5. The van der Waals surface area contributed by atoms with Crippen molar-refractivity contribution in [2.45, 2.75) is 6.42 Å². The second-order valence-electron chi connectivity index (χ2n) is 6.86. The number of urea groups is 1. The molecule has 24 heavy (non-hydrogen) atoms. The largest absolute Gasteiger partial charge is 0.378 e. The summed E-state index contributed by atoms with van der Waals surface area (Å²) < 4.78 is 0. The van der Waals surface area contributed by atoms with Crippen LogP contribution in [0.5, 0.6) is 0 Å². The van der Waals surface area contributed by atoms with Gasteiger partial charge in [-0.3, -0.25) is 4.90 Å². The van der Waals surface area contributed by atoms with Crippen molar-refractivity contribution in [1.82, 2.24) is 14.7 Å². The summed E-state index contributed by atoms with van der Waals surface area (Å²) in [4.78, 5) is 21.0. The third-order valence-corrected chi connectivity index (χ3v) is 4.37. The van der Waals surface area contributed by atoms with E-state index in [4.69, 9.17) is 0 Å². The summed E-state index contributed by atoms with van der Waals surface area (Å²) >= 11 is 0. The van der Waals surface area contributed by atoms with Gasteiger partial charge in [-0.15, -0.1) is 0 Å². The Morgan fingerprint density at radius 2 is 1.67 bits per heavy atom. The zero-order valence-electron chi connectivity index (χ0n) is 15.5. The lowest BCUT2D eigenvalue weighted by atomic mass is 10.2. The van der Waals surface area contributed by atoms with Crippen LogP contribution in [0.2, 0.25) is 0 Å². The van der Waals surface area contributed by atoms with Crippen LogP contribution in [0.25, 0.3) is 0 Å². The molecular formula is C18H31N5O. The molecule has 2 rings (SSSR count). The van der Waals surface area contributed by atoms with E-state index in [-0.39, 0.29) is 6.03 Å². The first-order valence-corrected chi connectivity index (χ1v) is 8.66. The summed E-state index contributed by atoms with van der Waals surface area (Å²) in [5.74, 6) is 0. The molecule has 0 radical (unpaired) electrons. The first-order valence-electron chi connectivity index (χ1n) is 8.66. The Balaban J connectivity index is 1.74. The second kappa shape index (κ2) is 8.89. The Morgan fingerprint density at radius 1 is 1.04 bits per heavy atom. The molecule has 1 aromatic rings. The lowest BCUT2D eigenvalue weighted by Gasteiger charge is -2.34. The lowest BCUT2D eigenvalue weighted by molar-refractivity contribution is 0.144. The molecule has 0 saturated carbocycles. The van der Waals surface area contributed by atoms with Crippen molar-refractivity contribution in [3.05, 3.63) is 24.3 Å². The first-order chi connectivity index (χ1) is 11.5. The van der Waals surface area contributed by atoms with E-state index in [1.807, 2.05) is 48.2 Å². The summed E-state index contributed by atoms with van der Waals surface area (Å²) in [7, 11) is 8.22. The molecule has 2 amide bonds. The quantitative estimate of drug-likeness (QED) is 0.863. The van der Waals surface area contributed by atoms with Crippen molar-refractivity contribution in [2.24, 2.45) is 0 Å². The van der Waals surface area contributed by atoms with Crippen molar-refractivity contribution < 1.29 is 4.79 Å². The molecule has 0 bridgehead atoms. The van der Waals surface area contributed by atoms with Crippen LogP contribution >= 0.6 is 0 Å². The van der Waals surface area contributed by atoms with Crippen LogP contribution < -0.4 is 10.2 Å². The van der Waals surface area contributed by atoms with Gasteiger partial charge in [-0.2, -0.15) is 0 Å². The number of nitrogens with zero attached hydrogens (tertiary/aromatic N) is 4. The summed E-state index contributed by atoms with van der Waals surface area (Å²) in [5.41, 5.74) is 1.97. The van der Waals surface area contributed by atoms with Crippen LogP contribution in [-0.4, -0.2) is 88.2 Å². The summed E-state index contributed by atoms with van der Waals surface area (Å²) in [6, 6.07) is 7.92.